The summed E-state index contributed by atoms with van der Waals surface area (Å²) in [6.07, 6.45) is 0.740. The number of carbonyl (C=O) groups excluding carboxylic acids is 1. The van der Waals surface area contributed by atoms with Gasteiger partial charge < -0.3 is 19.3 Å². The summed E-state index contributed by atoms with van der Waals surface area (Å²) in [5, 5.41) is 13.3. The molecule has 0 saturated carbocycles. The summed E-state index contributed by atoms with van der Waals surface area (Å²) in [5.74, 6) is 2.12. The molecule has 0 aliphatic carbocycles. The van der Waals surface area contributed by atoms with E-state index in [2.05, 4.69) is 5.32 Å². The van der Waals surface area contributed by atoms with Gasteiger partial charge in [-0.05, 0) is 45.4 Å². The van der Waals surface area contributed by atoms with Crippen molar-refractivity contribution in [1.82, 2.24) is 5.32 Å². The van der Waals surface area contributed by atoms with E-state index in [1.165, 1.54) is 0 Å². The molecule has 1 unspecified atom stereocenters. The van der Waals surface area contributed by atoms with Crippen LogP contribution in [-0.2, 0) is 12.0 Å². The smallest absolute Gasteiger partial charge is 0.287 e. The van der Waals surface area contributed by atoms with Gasteiger partial charge in [0, 0.05) is 12.0 Å². The van der Waals surface area contributed by atoms with Crippen LogP contribution in [0.5, 0.6) is 0 Å². The number of carbonyl (C=O) groups is 1. The second-order valence-electron chi connectivity index (χ2n) is 5.85. The third-order valence-electron chi connectivity index (χ3n) is 3.78. The van der Waals surface area contributed by atoms with E-state index in [0.29, 0.717) is 11.3 Å². The van der Waals surface area contributed by atoms with Crippen LogP contribution in [0.15, 0.2) is 21.0 Å². The first kappa shape index (κ1) is 16.4. The third-order valence-corrected chi connectivity index (χ3v) is 3.78. The normalized spacial score (nSPS) is 13.9. The van der Waals surface area contributed by atoms with E-state index in [1.807, 2.05) is 20.8 Å². The summed E-state index contributed by atoms with van der Waals surface area (Å²) in [6, 6.07) is 3.50. The molecule has 120 valence electrons. The van der Waals surface area contributed by atoms with Gasteiger partial charge in [-0.25, -0.2) is 0 Å². The van der Waals surface area contributed by atoms with Crippen molar-refractivity contribution in [3.63, 3.8) is 0 Å². The van der Waals surface area contributed by atoms with Crippen molar-refractivity contribution in [3.05, 3.63) is 46.3 Å². The summed E-state index contributed by atoms with van der Waals surface area (Å²) in [7, 11) is 0. The largest absolute Gasteiger partial charge is 0.466 e. The lowest BCUT2D eigenvalue weighted by atomic mass is 9.96. The van der Waals surface area contributed by atoms with Crippen LogP contribution in [-0.4, -0.2) is 17.6 Å². The van der Waals surface area contributed by atoms with E-state index in [1.54, 1.807) is 26.0 Å². The minimum atomic E-state index is -1.20. The highest BCUT2D eigenvalue weighted by atomic mass is 16.4. The van der Waals surface area contributed by atoms with Crippen LogP contribution < -0.4 is 5.32 Å². The Hall–Kier alpha value is -2.01. The van der Waals surface area contributed by atoms with Crippen molar-refractivity contribution >= 4 is 5.91 Å². The molecule has 2 N–H and O–H groups in total. The van der Waals surface area contributed by atoms with Gasteiger partial charge >= 0.3 is 0 Å². The van der Waals surface area contributed by atoms with Crippen molar-refractivity contribution in [2.75, 3.05) is 6.54 Å². The van der Waals surface area contributed by atoms with Crippen molar-refractivity contribution in [2.45, 2.75) is 46.6 Å². The number of aliphatic hydroxyl groups is 1. The van der Waals surface area contributed by atoms with E-state index in [0.717, 1.165) is 23.5 Å². The molecule has 0 bridgehead atoms. The lowest BCUT2D eigenvalue weighted by molar-refractivity contribution is 0.0506. The molecule has 0 radical (unpaired) electrons. The van der Waals surface area contributed by atoms with Gasteiger partial charge in [0.1, 0.15) is 22.9 Å². The van der Waals surface area contributed by atoms with Crippen LogP contribution in [0.25, 0.3) is 0 Å². The van der Waals surface area contributed by atoms with E-state index in [9.17, 15) is 9.90 Å². The third kappa shape index (κ3) is 3.25. The van der Waals surface area contributed by atoms with Gasteiger partial charge in [0.15, 0.2) is 5.76 Å². The van der Waals surface area contributed by atoms with E-state index in [-0.39, 0.29) is 18.2 Å². The highest BCUT2D eigenvalue weighted by molar-refractivity contribution is 5.91. The maximum Gasteiger partial charge on any atom is 0.287 e. The molecule has 5 heteroatoms. The average Bonchev–Trinajstić information content (AvgIpc) is 2.99. The molecule has 1 amide bonds. The van der Waals surface area contributed by atoms with Gasteiger partial charge in [-0.15, -0.1) is 0 Å². The van der Waals surface area contributed by atoms with Gasteiger partial charge in [-0.1, -0.05) is 6.92 Å². The lowest BCUT2D eigenvalue weighted by Crippen LogP contribution is -2.38. The predicted octanol–water partition coefficient (Wildman–Crippen LogP) is 3.00. The molecule has 2 aromatic heterocycles. The van der Waals surface area contributed by atoms with Gasteiger partial charge in [-0.2, -0.15) is 0 Å². The van der Waals surface area contributed by atoms with Crippen LogP contribution in [0.1, 0.15) is 52.8 Å². The number of furan rings is 2. The number of nitrogens with one attached hydrogen (secondary N) is 1. The first-order valence-electron chi connectivity index (χ1n) is 7.42. The Kier molecular flexibility index (Phi) is 4.47. The average molecular weight is 305 g/mol. The highest BCUT2D eigenvalue weighted by Gasteiger charge is 2.28. The summed E-state index contributed by atoms with van der Waals surface area (Å²) in [6.45, 7) is 9.22. The maximum atomic E-state index is 12.2. The topological polar surface area (TPSA) is 75.6 Å². The number of rotatable bonds is 5. The quantitative estimate of drug-likeness (QED) is 0.890. The first-order valence-corrected chi connectivity index (χ1v) is 7.42. The fourth-order valence-electron chi connectivity index (χ4n) is 2.58. The molecule has 0 spiro atoms. The molecular weight excluding hydrogens is 282 g/mol. The molecule has 1 atom stereocenters. The van der Waals surface area contributed by atoms with Crippen LogP contribution in [0.4, 0.5) is 0 Å². The zero-order chi connectivity index (χ0) is 16.5. The highest BCUT2D eigenvalue weighted by Crippen LogP contribution is 2.26. The van der Waals surface area contributed by atoms with Crippen LogP contribution in [0, 0.1) is 20.8 Å². The van der Waals surface area contributed by atoms with E-state index < -0.39 is 5.60 Å². The Morgan fingerprint density at radius 3 is 2.45 bits per heavy atom. The standard InChI is InChI=1S/C17H23NO4/c1-6-14-10(2)7-15(22-14)16(19)18-9-17(5,20)13-8-11(3)21-12(13)4/h7-8,20H,6,9H2,1-5H3,(H,18,19). The SMILES string of the molecule is CCc1oc(C(=O)NCC(C)(O)c2cc(C)oc2C)cc1C. The van der Waals surface area contributed by atoms with Crippen molar-refractivity contribution < 1.29 is 18.7 Å². The molecule has 0 aromatic carbocycles. The number of hydrogen-bond donors (Lipinski definition) is 2. The van der Waals surface area contributed by atoms with Crippen LogP contribution in [0.3, 0.4) is 0 Å². The van der Waals surface area contributed by atoms with E-state index in [4.69, 9.17) is 8.83 Å². The molecule has 0 fully saturated rings. The Morgan fingerprint density at radius 2 is 1.95 bits per heavy atom. The zero-order valence-corrected chi connectivity index (χ0v) is 13.7. The molecule has 2 aromatic rings. The summed E-state index contributed by atoms with van der Waals surface area (Å²) >= 11 is 0. The Bertz CT molecular complexity index is 679. The minimum absolute atomic E-state index is 0.0762. The second kappa shape index (κ2) is 6.01. The molecule has 5 nitrogen and oxygen atoms in total. The predicted molar refractivity (Wildman–Crippen MR) is 82.9 cm³/mol. The first-order chi connectivity index (χ1) is 10.2. The van der Waals surface area contributed by atoms with Gasteiger partial charge in [0.05, 0.1) is 6.54 Å². The number of amides is 1. The maximum absolute atomic E-state index is 12.2. The van der Waals surface area contributed by atoms with Crippen molar-refractivity contribution in [1.29, 1.82) is 0 Å². The van der Waals surface area contributed by atoms with Gasteiger partial charge in [-0.3, -0.25) is 4.79 Å². The summed E-state index contributed by atoms with van der Waals surface area (Å²) in [5.41, 5.74) is 0.433. The lowest BCUT2D eigenvalue weighted by Gasteiger charge is -2.23. The molecule has 0 saturated heterocycles. The minimum Gasteiger partial charge on any atom is -0.466 e. The Labute approximate surface area is 130 Å². The van der Waals surface area contributed by atoms with Gasteiger partial charge in [0.2, 0.25) is 0 Å². The van der Waals surface area contributed by atoms with Crippen LogP contribution in [0.2, 0.25) is 0 Å². The molecule has 0 aliphatic rings. The monoisotopic (exact) mass is 305 g/mol. The second-order valence-corrected chi connectivity index (χ2v) is 5.85. The molecule has 2 rings (SSSR count). The summed E-state index contributed by atoms with van der Waals surface area (Å²) in [4.78, 5) is 12.2. The molecule has 0 aliphatic heterocycles. The number of hydrogen-bond acceptors (Lipinski definition) is 4. The Morgan fingerprint density at radius 1 is 1.27 bits per heavy atom. The van der Waals surface area contributed by atoms with E-state index >= 15 is 0 Å². The summed E-state index contributed by atoms with van der Waals surface area (Å²) < 4.78 is 10.9. The fraction of sp³-hybridized carbons (Fsp3) is 0.471. The molecular formula is C17H23NO4. The Balaban J connectivity index is 2.07. The fourth-order valence-corrected chi connectivity index (χ4v) is 2.58. The van der Waals surface area contributed by atoms with Gasteiger partial charge in [0.25, 0.3) is 5.91 Å². The molecule has 22 heavy (non-hydrogen) atoms. The van der Waals surface area contributed by atoms with Crippen molar-refractivity contribution in [2.24, 2.45) is 0 Å². The molecule has 2 heterocycles. The number of aryl methyl sites for hydroxylation is 4. The van der Waals surface area contributed by atoms with Crippen molar-refractivity contribution in [3.8, 4) is 0 Å². The van der Waals surface area contributed by atoms with Crippen LogP contribution >= 0.6 is 0 Å². The zero-order valence-electron chi connectivity index (χ0n) is 13.7.